The fraction of sp³-hybridized carbons (Fsp3) is 0.440. The highest BCUT2D eigenvalue weighted by atomic mass is 16.5. The smallest absolute Gasteiger partial charge is 0.261 e. The first-order chi connectivity index (χ1) is 16.2. The van der Waals surface area contributed by atoms with Crippen LogP contribution in [0, 0.1) is 0 Å². The fourth-order valence-electron chi connectivity index (χ4n) is 4.75. The van der Waals surface area contributed by atoms with Crippen LogP contribution in [0.15, 0.2) is 46.5 Å². The Balaban J connectivity index is 1.55. The second-order valence-electron chi connectivity index (χ2n) is 8.52. The second-order valence-corrected chi connectivity index (χ2v) is 8.52. The maximum atomic E-state index is 13.4. The Morgan fingerprint density at radius 2 is 2.06 bits per heavy atom. The molecule has 2 aliphatic heterocycles. The zero-order chi connectivity index (χ0) is 22.8. The van der Waals surface area contributed by atoms with Crippen molar-refractivity contribution in [1.82, 2.24) is 24.0 Å². The molecule has 0 amide bonds. The largest absolute Gasteiger partial charge is 0.379 e. The highest BCUT2D eigenvalue weighted by Gasteiger charge is 2.24. The van der Waals surface area contributed by atoms with Crippen molar-refractivity contribution in [2.45, 2.75) is 32.9 Å². The van der Waals surface area contributed by atoms with Gasteiger partial charge in [0.05, 0.1) is 41.8 Å². The predicted octanol–water partition coefficient (Wildman–Crippen LogP) is 2.53. The number of allylic oxidation sites excluding steroid dienone is 2. The molecule has 33 heavy (non-hydrogen) atoms. The number of rotatable bonds is 6. The molecule has 0 saturated carbocycles. The second kappa shape index (κ2) is 9.41. The van der Waals surface area contributed by atoms with E-state index in [-0.39, 0.29) is 5.56 Å². The van der Waals surface area contributed by atoms with Crippen molar-refractivity contribution in [3.8, 4) is 11.3 Å². The molecule has 1 fully saturated rings. The Kier molecular flexibility index (Phi) is 6.20. The Hall–Kier alpha value is -3.10. The van der Waals surface area contributed by atoms with Crippen LogP contribution in [0.3, 0.4) is 0 Å². The van der Waals surface area contributed by atoms with Crippen LogP contribution in [0.4, 0.5) is 0 Å². The summed E-state index contributed by atoms with van der Waals surface area (Å²) in [6, 6.07) is 5.96. The molecule has 2 aromatic heterocycles. The predicted molar refractivity (Wildman–Crippen MR) is 130 cm³/mol. The van der Waals surface area contributed by atoms with Gasteiger partial charge >= 0.3 is 0 Å². The van der Waals surface area contributed by atoms with Crippen molar-refractivity contribution in [3.05, 3.63) is 58.6 Å². The van der Waals surface area contributed by atoms with E-state index in [2.05, 4.69) is 19.4 Å². The van der Waals surface area contributed by atoms with E-state index in [0.29, 0.717) is 17.4 Å². The quantitative estimate of drug-likeness (QED) is 0.544. The molecule has 0 N–H and O–H groups in total. The van der Waals surface area contributed by atoms with E-state index >= 15 is 0 Å². The minimum atomic E-state index is -0.00402. The number of aromatic nitrogens is 4. The van der Waals surface area contributed by atoms with Gasteiger partial charge in [-0.2, -0.15) is 0 Å². The summed E-state index contributed by atoms with van der Waals surface area (Å²) >= 11 is 0. The molecule has 3 aromatic rings. The monoisotopic (exact) mass is 446 g/mol. The lowest BCUT2D eigenvalue weighted by Crippen LogP contribution is -2.39. The maximum absolute atomic E-state index is 13.4. The summed E-state index contributed by atoms with van der Waals surface area (Å²) < 4.78 is 9.42. The summed E-state index contributed by atoms with van der Waals surface area (Å²) in [4.78, 5) is 29.6. The third-order valence-corrected chi connectivity index (χ3v) is 6.50. The van der Waals surface area contributed by atoms with Gasteiger partial charge in [0.1, 0.15) is 11.5 Å². The molecule has 5 rings (SSSR count). The Morgan fingerprint density at radius 3 is 2.85 bits per heavy atom. The van der Waals surface area contributed by atoms with Crippen molar-refractivity contribution < 1.29 is 4.74 Å². The van der Waals surface area contributed by atoms with Gasteiger partial charge < -0.3 is 9.30 Å². The van der Waals surface area contributed by atoms with E-state index in [9.17, 15) is 4.79 Å². The van der Waals surface area contributed by atoms with E-state index < -0.39 is 0 Å². The van der Waals surface area contributed by atoms with Gasteiger partial charge in [-0.1, -0.05) is 12.1 Å². The molecule has 8 nitrogen and oxygen atoms in total. The van der Waals surface area contributed by atoms with Gasteiger partial charge in [0.25, 0.3) is 5.56 Å². The van der Waals surface area contributed by atoms with E-state index in [4.69, 9.17) is 9.72 Å². The number of morpholine rings is 1. The zero-order valence-electron chi connectivity index (χ0n) is 19.3. The number of fused-ring (bicyclic) bond motifs is 2. The van der Waals surface area contributed by atoms with Crippen molar-refractivity contribution in [1.29, 1.82) is 0 Å². The normalized spacial score (nSPS) is 17.3. The van der Waals surface area contributed by atoms with E-state index in [1.165, 1.54) is 0 Å². The van der Waals surface area contributed by atoms with E-state index in [1.807, 2.05) is 37.3 Å². The molecule has 4 heterocycles. The SMILES string of the molecule is C/C=C\C(=N/C)c1nc2n(c1-c1ccc3ncn(CCN4CCOCC4)c(=O)c3c1)CCC2. The standard InChI is InChI=1S/C25H30N6O2/c1-3-5-21(26-2)23-24(31-9-4-6-22(31)28-23)18-7-8-20-19(16-18)25(32)30(17-27-20)11-10-29-12-14-33-15-13-29/h3,5,7-8,16-17H,4,6,9-15H2,1-2H3/b5-3-,26-21+. The van der Waals surface area contributed by atoms with Crippen LogP contribution in [0.25, 0.3) is 22.2 Å². The topological polar surface area (TPSA) is 77.5 Å². The summed E-state index contributed by atoms with van der Waals surface area (Å²) in [6.45, 7) is 7.66. The highest BCUT2D eigenvalue weighted by molar-refractivity contribution is 6.11. The van der Waals surface area contributed by atoms with Gasteiger partial charge in [0.15, 0.2) is 0 Å². The summed E-state index contributed by atoms with van der Waals surface area (Å²) in [5.74, 6) is 1.08. The molecule has 172 valence electrons. The van der Waals surface area contributed by atoms with Crippen molar-refractivity contribution in [2.24, 2.45) is 4.99 Å². The summed E-state index contributed by atoms with van der Waals surface area (Å²) in [5.41, 5.74) is 4.45. The number of ether oxygens (including phenoxy) is 1. The number of aryl methyl sites for hydroxylation is 1. The number of hydrogen-bond donors (Lipinski definition) is 0. The molecular weight excluding hydrogens is 416 g/mol. The average Bonchev–Trinajstić information content (AvgIpc) is 3.44. The minimum absolute atomic E-state index is 0.00402. The number of imidazole rings is 1. The molecule has 2 aliphatic rings. The Labute approximate surface area is 193 Å². The first kappa shape index (κ1) is 21.7. The summed E-state index contributed by atoms with van der Waals surface area (Å²) in [7, 11) is 1.79. The molecule has 1 saturated heterocycles. The lowest BCUT2D eigenvalue weighted by molar-refractivity contribution is 0.0362. The van der Waals surface area contributed by atoms with Gasteiger partial charge in [0.2, 0.25) is 0 Å². The van der Waals surface area contributed by atoms with Crippen LogP contribution in [-0.2, 0) is 24.2 Å². The molecule has 0 radical (unpaired) electrons. The first-order valence-corrected chi connectivity index (χ1v) is 11.7. The molecule has 0 spiro atoms. The fourth-order valence-corrected chi connectivity index (χ4v) is 4.75. The summed E-state index contributed by atoms with van der Waals surface area (Å²) in [5, 5.41) is 0.637. The van der Waals surface area contributed by atoms with Crippen LogP contribution in [0.1, 0.15) is 24.9 Å². The molecule has 8 heteroatoms. The lowest BCUT2D eigenvalue weighted by Gasteiger charge is -2.26. The van der Waals surface area contributed by atoms with Gasteiger partial charge in [-0.15, -0.1) is 0 Å². The average molecular weight is 447 g/mol. The van der Waals surface area contributed by atoms with Crippen LogP contribution in [0.5, 0.6) is 0 Å². The third kappa shape index (κ3) is 4.16. The number of hydrogen-bond acceptors (Lipinski definition) is 6. The number of aliphatic imine (C=N–C) groups is 1. The van der Waals surface area contributed by atoms with Crippen molar-refractivity contribution in [2.75, 3.05) is 39.9 Å². The first-order valence-electron chi connectivity index (χ1n) is 11.7. The van der Waals surface area contributed by atoms with Gasteiger partial charge in [-0.3, -0.25) is 19.3 Å². The van der Waals surface area contributed by atoms with Gasteiger partial charge in [-0.25, -0.2) is 9.97 Å². The molecule has 0 bridgehead atoms. The Morgan fingerprint density at radius 1 is 1.21 bits per heavy atom. The van der Waals surface area contributed by atoms with Crippen molar-refractivity contribution in [3.63, 3.8) is 0 Å². The number of benzene rings is 1. The van der Waals surface area contributed by atoms with E-state index in [1.54, 1.807) is 17.9 Å². The molecular formula is C25H30N6O2. The molecule has 1 aromatic carbocycles. The highest BCUT2D eigenvalue weighted by Crippen LogP contribution is 2.31. The van der Waals surface area contributed by atoms with Crippen LogP contribution in [0.2, 0.25) is 0 Å². The number of nitrogens with zero attached hydrogens (tertiary/aromatic N) is 6. The molecule has 0 aliphatic carbocycles. The molecule has 0 unspecified atom stereocenters. The van der Waals surface area contributed by atoms with Crippen LogP contribution in [-0.4, -0.2) is 69.6 Å². The van der Waals surface area contributed by atoms with E-state index in [0.717, 1.165) is 80.7 Å². The van der Waals surface area contributed by atoms with Crippen molar-refractivity contribution >= 4 is 16.6 Å². The third-order valence-electron chi connectivity index (χ3n) is 6.50. The summed E-state index contributed by atoms with van der Waals surface area (Å²) in [6.07, 6.45) is 7.68. The Bertz CT molecular complexity index is 1280. The minimum Gasteiger partial charge on any atom is -0.379 e. The van der Waals surface area contributed by atoms with Crippen LogP contribution < -0.4 is 5.56 Å². The zero-order valence-corrected chi connectivity index (χ0v) is 19.3. The van der Waals surface area contributed by atoms with Gasteiger partial charge in [0, 0.05) is 51.8 Å². The lowest BCUT2D eigenvalue weighted by atomic mass is 10.0. The molecule has 0 atom stereocenters. The van der Waals surface area contributed by atoms with Gasteiger partial charge in [-0.05, 0) is 31.6 Å². The van der Waals surface area contributed by atoms with Crippen LogP contribution >= 0.6 is 0 Å². The maximum Gasteiger partial charge on any atom is 0.261 e.